The molecule has 2 aromatic rings. The zero-order valence-corrected chi connectivity index (χ0v) is 13.9. The second-order valence-corrected chi connectivity index (χ2v) is 6.69. The van der Waals surface area contributed by atoms with Crippen molar-refractivity contribution < 1.29 is 9.59 Å². The second-order valence-electron chi connectivity index (χ2n) is 6.26. The van der Waals surface area contributed by atoms with Crippen LogP contribution in [0.1, 0.15) is 34.3 Å². The van der Waals surface area contributed by atoms with Gasteiger partial charge < -0.3 is 10.2 Å². The van der Waals surface area contributed by atoms with Crippen LogP contribution in [0.2, 0.25) is 5.02 Å². The number of anilines is 2. The van der Waals surface area contributed by atoms with E-state index in [1.54, 1.807) is 24.3 Å². The Balaban J connectivity index is 1.66. The molecule has 2 aliphatic rings. The second kappa shape index (κ2) is 5.95. The van der Waals surface area contributed by atoms with Gasteiger partial charge in [-0.15, -0.1) is 0 Å². The highest BCUT2D eigenvalue weighted by atomic mass is 35.5. The topological polar surface area (TPSA) is 49.4 Å². The van der Waals surface area contributed by atoms with E-state index >= 15 is 0 Å². The van der Waals surface area contributed by atoms with E-state index in [-0.39, 0.29) is 11.8 Å². The van der Waals surface area contributed by atoms with E-state index in [1.165, 1.54) is 0 Å². The van der Waals surface area contributed by atoms with Crippen molar-refractivity contribution in [3.05, 3.63) is 58.1 Å². The standard InChI is InChI=1S/C19H17ClN2O2/c20-15-5-1-3-14(9-15)19(24)21-16-10-12-4-2-8-22-17(23)7-6-13(11-16)18(12)22/h1,3,5,9-11H,2,4,6-8H2,(H,21,24). The van der Waals surface area contributed by atoms with Crippen LogP contribution < -0.4 is 10.2 Å². The van der Waals surface area contributed by atoms with Gasteiger partial charge in [0.25, 0.3) is 5.91 Å². The minimum atomic E-state index is -0.177. The lowest BCUT2D eigenvalue weighted by molar-refractivity contribution is -0.119. The minimum absolute atomic E-state index is 0.177. The number of hydrogen-bond donors (Lipinski definition) is 1. The van der Waals surface area contributed by atoms with Crippen molar-refractivity contribution in [2.75, 3.05) is 16.8 Å². The zero-order valence-electron chi connectivity index (χ0n) is 13.1. The van der Waals surface area contributed by atoms with Gasteiger partial charge >= 0.3 is 0 Å². The summed E-state index contributed by atoms with van der Waals surface area (Å²) in [5, 5.41) is 3.50. The largest absolute Gasteiger partial charge is 0.322 e. The molecule has 1 N–H and O–H groups in total. The van der Waals surface area contributed by atoms with E-state index in [4.69, 9.17) is 11.6 Å². The third-order valence-corrected chi connectivity index (χ3v) is 4.85. The van der Waals surface area contributed by atoms with Gasteiger partial charge in [-0.2, -0.15) is 0 Å². The number of nitrogens with zero attached hydrogens (tertiary/aromatic N) is 1. The molecule has 2 amide bonds. The smallest absolute Gasteiger partial charge is 0.255 e. The maximum atomic E-state index is 12.4. The van der Waals surface area contributed by atoms with Crippen LogP contribution in [0.3, 0.4) is 0 Å². The molecule has 0 bridgehead atoms. The Hall–Kier alpha value is -2.33. The molecule has 122 valence electrons. The van der Waals surface area contributed by atoms with Crippen LogP contribution in [0.25, 0.3) is 0 Å². The summed E-state index contributed by atoms with van der Waals surface area (Å²) in [6.07, 6.45) is 3.17. The van der Waals surface area contributed by atoms with E-state index in [0.29, 0.717) is 17.0 Å². The maximum Gasteiger partial charge on any atom is 0.255 e. The molecule has 0 aliphatic carbocycles. The Labute approximate surface area is 145 Å². The highest BCUT2D eigenvalue weighted by molar-refractivity contribution is 6.31. The summed E-state index contributed by atoms with van der Waals surface area (Å²) < 4.78 is 0. The molecule has 0 saturated heterocycles. The van der Waals surface area contributed by atoms with Crippen molar-refractivity contribution in [2.45, 2.75) is 25.7 Å². The lowest BCUT2D eigenvalue weighted by Crippen LogP contribution is -2.39. The fraction of sp³-hybridized carbons (Fsp3) is 0.263. The summed E-state index contributed by atoms with van der Waals surface area (Å²) in [7, 11) is 0. The number of benzene rings is 2. The normalized spacial score (nSPS) is 15.9. The van der Waals surface area contributed by atoms with Gasteiger partial charge in [-0.3, -0.25) is 9.59 Å². The number of carbonyl (C=O) groups is 2. The molecule has 0 saturated carbocycles. The number of aryl methyl sites for hydroxylation is 2. The van der Waals surface area contributed by atoms with Gasteiger partial charge in [-0.1, -0.05) is 17.7 Å². The fourth-order valence-corrected chi connectivity index (χ4v) is 3.75. The van der Waals surface area contributed by atoms with Gasteiger partial charge in [0.05, 0.1) is 5.69 Å². The molecule has 24 heavy (non-hydrogen) atoms. The molecule has 4 rings (SSSR count). The predicted molar refractivity (Wildman–Crippen MR) is 94.8 cm³/mol. The van der Waals surface area contributed by atoms with Crippen LogP contribution in [0.4, 0.5) is 11.4 Å². The lowest BCUT2D eigenvalue weighted by Gasteiger charge is -2.35. The SMILES string of the molecule is O=C(Nc1cc2c3c(c1)CCC(=O)N3CCC2)c1cccc(Cl)c1. The van der Waals surface area contributed by atoms with E-state index in [0.717, 1.165) is 48.3 Å². The van der Waals surface area contributed by atoms with E-state index in [9.17, 15) is 9.59 Å². The van der Waals surface area contributed by atoms with Crippen molar-refractivity contribution in [3.8, 4) is 0 Å². The third-order valence-electron chi connectivity index (χ3n) is 4.62. The molecule has 0 fully saturated rings. The summed E-state index contributed by atoms with van der Waals surface area (Å²) in [5.74, 6) is 0.0309. The van der Waals surface area contributed by atoms with Crippen molar-refractivity contribution in [2.24, 2.45) is 0 Å². The average Bonchev–Trinajstić information content (AvgIpc) is 2.58. The highest BCUT2D eigenvalue weighted by Crippen LogP contribution is 2.37. The molecule has 0 spiro atoms. The first-order valence-electron chi connectivity index (χ1n) is 8.15. The average molecular weight is 341 g/mol. The monoisotopic (exact) mass is 340 g/mol. The maximum absolute atomic E-state index is 12.4. The number of halogens is 1. The Morgan fingerprint density at radius 3 is 2.67 bits per heavy atom. The highest BCUT2D eigenvalue weighted by Gasteiger charge is 2.29. The number of nitrogens with one attached hydrogen (secondary N) is 1. The van der Waals surface area contributed by atoms with Gasteiger partial charge in [0.15, 0.2) is 0 Å². The molecule has 0 radical (unpaired) electrons. The van der Waals surface area contributed by atoms with Crippen LogP contribution >= 0.6 is 11.6 Å². The first kappa shape index (κ1) is 15.2. The Morgan fingerprint density at radius 1 is 1.08 bits per heavy atom. The molecule has 0 aromatic heterocycles. The summed E-state index contributed by atoms with van der Waals surface area (Å²) in [6.45, 7) is 0.799. The van der Waals surface area contributed by atoms with Crippen LogP contribution in [0.5, 0.6) is 0 Å². The van der Waals surface area contributed by atoms with Crippen molar-refractivity contribution in [1.82, 2.24) is 0 Å². The molecule has 4 nitrogen and oxygen atoms in total. The Kier molecular flexibility index (Phi) is 3.77. The first-order valence-corrected chi connectivity index (χ1v) is 8.53. The van der Waals surface area contributed by atoms with E-state index < -0.39 is 0 Å². The summed E-state index contributed by atoms with van der Waals surface area (Å²) in [6, 6.07) is 10.9. The number of carbonyl (C=O) groups excluding carboxylic acids is 2. The predicted octanol–water partition coefficient (Wildman–Crippen LogP) is 3.82. The molecule has 2 aliphatic heterocycles. The lowest BCUT2D eigenvalue weighted by atomic mass is 9.91. The number of rotatable bonds is 2. The quantitative estimate of drug-likeness (QED) is 0.903. The summed E-state index contributed by atoms with van der Waals surface area (Å²) in [4.78, 5) is 26.4. The van der Waals surface area contributed by atoms with Crippen molar-refractivity contribution in [1.29, 1.82) is 0 Å². The zero-order chi connectivity index (χ0) is 16.7. The van der Waals surface area contributed by atoms with E-state index in [2.05, 4.69) is 5.32 Å². The fourth-order valence-electron chi connectivity index (χ4n) is 3.56. The van der Waals surface area contributed by atoms with Gasteiger partial charge in [0, 0.05) is 29.2 Å². The van der Waals surface area contributed by atoms with Crippen LogP contribution in [0, 0.1) is 0 Å². The van der Waals surface area contributed by atoms with Crippen LogP contribution in [-0.4, -0.2) is 18.4 Å². The van der Waals surface area contributed by atoms with Crippen molar-refractivity contribution >= 4 is 34.8 Å². The van der Waals surface area contributed by atoms with E-state index in [1.807, 2.05) is 17.0 Å². The van der Waals surface area contributed by atoms with Gasteiger partial charge in [-0.25, -0.2) is 0 Å². The van der Waals surface area contributed by atoms with Crippen LogP contribution in [-0.2, 0) is 17.6 Å². The Morgan fingerprint density at radius 2 is 1.88 bits per heavy atom. The molecule has 2 aromatic carbocycles. The first-order chi connectivity index (χ1) is 11.6. The van der Waals surface area contributed by atoms with Crippen molar-refractivity contribution in [3.63, 3.8) is 0 Å². The molecule has 5 heteroatoms. The minimum Gasteiger partial charge on any atom is -0.322 e. The van der Waals surface area contributed by atoms with Crippen LogP contribution in [0.15, 0.2) is 36.4 Å². The molecule has 0 unspecified atom stereocenters. The number of amides is 2. The summed E-state index contributed by atoms with van der Waals surface area (Å²) in [5.41, 5.74) is 4.68. The van der Waals surface area contributed by atoms with Gasteiger partial charge in [-0.05, 0) is 60.7 Å². The third kappa shape index (κ3) is 2.67. The number of hydrogen-bond acceptors (Lipinski definition) is 2. The molecular weight excluding hydrogens is 324 g/mol. The van der Waals surface area contributed by atoms with Gasteiger partial charge in [0.1, 0.15) is 0 Å². The molecule has 2 heterocycles. The summed E-state index contributed by atoms with van der Waals surface area (Å²) >= 11 is 5.95. The Bertz CT molecular complexity index is 830. The van der Waals surface area contributed by atoms with Gasteiger partial charge in [0.2, 0.25) is 5.91 Å². The molecule has 0 atom stereocenters. The molecular formula is C19H17ClN2O2.